The molecule has 2 atom stereocenters. The maximum Gasteiger partial charge on any atom is 0.234 e. The van der Waals surface area contributed by atoms with Gasteiger partial charge in [-0.05, 0) is 44.7 Å². The van der Waals surface area contributed by atoms with E-state index in [1.54, 1.807) is 6.26 Å². The number of rotatable bonds is 7. The first-order valence-electron chi connectivity index (χ1n) is 8.24. The number of carbonyl (C=O) groups excluding carboxylic acids is 1. The van der Waals surface area contributed by atoms with Crippen LogP contribution in [0, 0.1) is 5.92 Å². The minimum atomic E-state index is -0.383. The van der Waals surface area contributed by atoms with Gasteiger partial charge in [0.15, 0.2) is 0 Å². The fourth-order valence-corrected chi connectivity index (χ4v) is 3.25. The van der Waals surface area contributed by atoms with Gasteiger partial charge >= 0.3 is 0 Å². The lowest BCUT2D eigenvalue weighted by atomic mass is 9.76. The molecule has 2 rings (SSSR count). The van der Waals surface area contributed by atoms with Gasteiger partial charge in [-0.25, -0.2) is 0 Å². The summed E-state index contributed by atoms with van der Waals surface area (Å²) in [6, 6.07) is 3.50. The van der Waals surface area contributed by atoms with Crippen LogP contribution in [0.1, 0.15) is 57.8 Å². The topological polar surface area (TPSA) is 74.5 Å². The highest BCUT2D eigenvalue weighted by Crippen LogP contribution is 2.32. The molecule has 1 aromatic heterocycles. The molecule has 0 bridgehead atoms. The molecular weight excluding hydrogens is 280 g/mol. The number of hydrogen-bond acceptors (Lipinski definition) is 4. The first-order chi connectivity index (χ1) is 10.5. The van der Waals surface area contributed by atoms with Crippen molar-refractivity contribution in [2.45, 2.75) is 57.5 Å². The van der Waals surface area contributed by atoms with Gasteiger partial charge < -0.3 is 20.2 Å². The summed E-state index contributed by atoms with van der Waals surface area (Å²) in [5.41, 5.74) is -0.383. The second-order valence-electron chi connectivity index (χ2n) is 6.57. The van der Waals surface area contributed by atoms with Crippen molar-refractivity contribution in [2.75, 3.05) is 13.2 Å². The van der Waals surface area contributed by atoms with Crippen LogP contribution in [0.3, 0.4) is 0 Å². The predicted molar refractivity (Wildman–Crippen MR) is 85.3 cm³/mol. The van der Waals surface area contributed by atoms with Crippen molar-refractivity contribution < 1.29 is 14.3 Å². The Labute approximate surface area is 132 Å². The molecule has 1 aliphatic carbocycles. The van der Waals surface area contributed by atoms with Crippen molar-refractivity contribution in [3.8, 4) is 0 Å². The number of aliphatic hydroxyl groups excluding tert-OH is 1. The molecular formula is C17H28N2O3. The summed E-state index contributed by atoms with van der Waals surface area (Å²) >= 11 is 0. The number of hydrogen-bond donors (Lipinski definition) is 3. The van der Waals surface area contributed by atoms with E-state index in [1.165, 1.54) is 19.3 Å². The zero-order chi connectivity index (χ0) is 16.0. The summed E-state index contributed by atoms with van der Waals surface area (Å²) in [4.78, 5) is 12.1. The normalized spacial score (nSPS) is 20.3. The molecule has 124 valence electrons. The van der Waals surface area contributed by atoms with Crippen LogP contribution >= 0.6 is 0 Å². The van der Waals surface area contributed by atoms with E-state index in [1.807, 2.05) is 26.0 Å². The molecule has 0 spiro atoms. The van der Waals surface area contributed by atoms with Crippen LogP contribution in [0.2, 0.25) is 0 Å². The summed E-state index contributed by atoms with van der Waals surface area (Å²) in [7, 11) is 0. The average molecular weight is 308 g/mol. The molecule has 1 aromatic rings. The van der Waals surface area contributed by atoms with Gasteiger partial charge in [0, 0.05) is 5.54 Å². The fraction of sp³-hybridized carbons (Fsp3) is 0.706. The summed E-state index contributed by atoms with van der Waals surface area (Å²) < 4.78 is 5.28. The maximum atomic E-state index is 12.1. The smallest absolute Gasteiger partial charge is 0.234 e. The van der Waals surface area contributed by atoms with Crippen molar-refractivity contribution >= 4 is 5.91 Å². The van der Waals surface area contributed by atoms with E-state index in [2.05, 4.69) is 10.6 Å². The van der Waals surface area contributed by atoms with Crippen LogP contribution in [0.15, 0.2) is 22.8 Å². The first kappa shape index (κ1) is 17.0. The molecule has 5 nitrogen and oxygen atoms in total. The van der Waals surface area contributed by atoms with E-state index in [4.69, 9.17) is 4.42 Å². The standard InChI is InChI=1S/C17H28N2O3/c1-13(15-9-6-10-22-15)19-16(21)11-18-17(2,12-20)14-7-4-3-5-8-14/h6,9-10,13-14,18,20H,3-5,7-8,11-12H2,1-2H3,(H,19,21)/t13-,17+/m1/s1. The quantitative estimate of drug-likeness (QED) is 0.723. The maximum absolute atomic E-state index is 12.1. The van der Waals surface area contributed by atoms with Gasteiger partial charge in [-0.2, -0.15) is 0 Å². The predicted octanol–water partition coefficient (Wildman–Crippen LogP) is 2.38. The van der Waals surface area contributed by atoms with E-state index in [0.717, 1.165) is 18.6 Å². The second-order valence-corrected chi connectivity index (χ2v) is 6.57. The molecule has 0 aromatic carbocycles. The molecule has 1 aliphatic rings. The summed E-state index contributed by atoms with van der Waals surface area (Å²) in [6.07, 6.45) is 7.54. The fourth-order valence-electron chi connectivity index (χ4n) is 3.25. The minimum absolute atomic E-state index is 0.0543. The number of aliphatic hydroxyl groups is 1. The third-order valence-electron chi connectivity index (χ3n) is 4.83. The highest BCUT2D eigenvalue weighted by Gasteiger charge is 2.34. The SMILES string of the molecule is C[C@@H](NC(=O)CN[C@@](C)(CO)C1CCCCC1)c1ccco1. The van der Waals surface area contributed by atoms with Gasteiger partial charge in [0.1, 0.15) is 5.76 Å². The molecule has 1 heterocycles. The van der Waals surface area contributed by atoms with Gasteiger partial charge in [-0.1, -0.05) is 19.3 Å². The third kappa shape index (κ3) is 4.34. The van der Waals surface area contributed by atoms with Gasteiger partial charge in [0.05, 0.1) is 25.5 Å². The summed E-state index contributed by atoms with van der Waals surface area (Å²) in [5.74, 6) is 1.09. The van der Waals surface area contributed by atoms with Crippen LogP contribution in [-0.4, -0.2) is 29.7 Å². The Bertz CT molecular complexity index is 454. The highest BCUT2D eigenvalue weighted by molar-refractivity contribution is 5.78. The van der Waals surface area contributed by atoms with Crippen molar-refractivity contribution in [1.82, 2.24) is 10.6 Å². The molecule has 1 fully saturated rings. The lowest BCUT2D eigenvalue weighted by molar-refractivity contribution is -0.121. The van der Waals surface area contributed by atoms with Crippen molar-refractivity contribution in [3.63, 3.8) is 0 Å². The molecule has 0 saturated heterocycles. The summed E-state index contributed by atoms with van der Waals surface area (Å²) in [5, 5.41) is 16.0. The lowest BCUT2D eigenvalue weighted by Gasteiger charge is -2.39. The van der Waals surface area contributed by atoms with Crippen LogP contribution in [0.5, 0.6) is 0 Å². The Kier molecular flexibility index (Phi) is 6.03. The Morgan fingerprint density at radius 2 is 2.18 bits per heavy atom. The highest BCUT2D eigenvalue weighted by atomic mass is 16.3. The minimum Gasteiger partial charge on any atom is -0.467 e. The molecule has 0 radical (unpaired) electrons. The zero-order valence-corrected chi connectivity index (χ0v) is 13.6. The number of furan rings is 1. The van der Waals surface area contributed by atoms with Crippen molar-refractivity contribution in [2.24, 2.45) is 5.92 Å². The van der Waals surface area contributed by atoms with Gasteiger partial charge in [0.25, 0.3) is 0 Å². The Hall–Kier alpha value is -1.33. The molecule has 22 heavy (non-hydrogen) atoms. The molecule has 1 saturated carbocycles. The third-order valence-corrected chi connectivity index (χ3v) is 4.83. The molecule has 0 aliphatic heterocycles. The van der Waals surface area contributed by atoms with Crippen molar-refractivity contribution in [3.05, 3.63) is 24.2 Å². The van der Waals surface area contributed by atoms with Gasteiger partial charge in [0.2, 0.25) is 5.91 Å². The Morgan fingerprint density at radius 1 is 1.45 bits per heavy atom. The van der Waals surface area contributed by atoms with E-state index < -0.39 is 0 Å². The van der Waals surface area contributed by atoms with E-state index in [0.29, 0.717) is 5.92 Å². The lowest BCUT2D eigenvalue weighted by Crippen LogP contribution is -2.55. The van der Waals surface area contributed by atoms with E-state index in [-0.39, 0.29) is 30.6 Å². The van der Waals surface area contributed by atoms with Gasteiger partial charge in [-0.3, -0.25) is 4.79 Å². The second kappa shape index (κ2) is 7.79. The van der Waals surface area contributed by atoms with E-state index >= 15 is 0 Å². The van der Waals surface area contributed by atoms with E-state index in [9.17, 15) is 9.90 Å². The largest absolute Gasteiger partial charge is 0.467 e. The molecule has 5 heteroatoms. The van der Waals surface area contributed by atoms with Gasteiger partial charge in [-0.15, -0.1) is 0 Å². The molecule has 1 amide bonds. The van der Waals surface area contributed by atoms with Crippen LogP contribution < -0.4 is 10.6 Å². The number of carbonyl (C=O) groups is 1. The first-order valence-corrected chi connectivity index (χ1v) is 8.24. The monoisotopic (exact) mass is 308 g/mol. The molecule has 0 unspecified atom stereocenters. The zero-order valence-electron chi connectivity index (χ0n) is 13.6. The Balaban J connectivity index is 1.82. The van der Waals surface area contributed by atoms with Crippen LogP contribution in [0.25, 0.3) is 0 Å². The average Bonchev–Trinajstić information content (AvgIpc) is 3.08. The number of nitrogens with one attached hydrogen (secondary N) is 2. The number of amides is 1. The van der Waals surface area contributed by atoms with Crippen molar-refractivity contribution in [1.29, 1.82) is 0 Å². The summed E-state index contributed by atoms with van der Waals surface area (Å²) in [6.45, 7) is 4.17. The van der Waals surface area contributed by atoms with Crippen LogP contribution in [-0.2, 0) is 4.79 Å². The molecule has 3 N–H and O–H groups in total. The Morgan fingerprint density at radius 3 is 2.77 bits per heavy atom. The van der Waals surface area contributed by atoms with Crippen LogP contribution in [0.4, 0.5) is 0 Å².